The van der Waals surface area contributed by atoms with Crippen molar-refractivity contribution in [1.29, 1.82) is 0 Å². The number of nitrogens with two attached hydrogens (primary N) is 1. The maximum absolute atomic E-state index is 6.14. The number of H-pyrrole nitrogens is 1. The van der Waals surface area contributed by atoms with E-state index < -0.39 is 0 Å². The van der Waals surface area contributed by atoms with E-state index in [1.54, 1.807) is 0 Å². The molecule has 0 bridgehead atoms. The van der Waals surface area contributed by atoms with Gasteiger partial charge in [0.05, 0.1) is 31.1 Å². The zero-order valence-corrected chi connectivity index (χ0v) is 17.8. The van der Waals surface area contributed by atoms with E-state index in [0.717, 1.165) is 79.5 Å². The van der Waals surface area contributed by atoms with Crippen molar-refractivity contribution in [3.05, 3.63) is 36.7 Å². The fourth-order valence-electron chi connectivity index (χ4n) is 5.50. The Morgan fingerprint density at radius 3 is 2.97 bits per heavy atom. The summed E-state index contributed by atoms with van der Waals surface area (Å²) in [6.07, 6.45) is 8.73. The van der Waals surface area contributed by atoms with Crippen LogP contribution in [-0.4, -0.2) is 59.9 Å². The normalized spacial score (nSPS) is 26.0. The fraction of sp³-hybridized carbons (Fsp3) is 0.500. The zero-order valence-electron chi connectivity index (χ0n) is 17.8. The van der Waals surface area contributed by atoms with E-state index in [1.807, 2.05) is 12.4 Å². The highest BCUT2D eigenvalue weighted by atomic mass is 16.5. The molecule has 1 aliphatic carbocycles. The van der Waals surface area contributed by atoms with Crippen molar-refractivity contribution < 1.29 is 4.74 Å². The molecule has 2 fully saturated rings. The molecule has 1 unspecified atom stereocenters. The van der Waals surface area contributed by atoms with Gasteiger partial charge in [-0.05, 0) is 43.7 Å². The summed E-state index contributed by atoms with van der Waals surface area (Å²) in [5, 5.41) is 1.16. The summed E-state index contributed by atoms with van der Waals surface area (Å²) in [6, 6.07) is 9.10. The van der Waals surface area contributed by atoms with Gasteiger partial charge in [0.25, 0.3) is 0 Å². The predicted octanol–water partition coefficient (Wildman–Crippen LogP) is 3.17. The minimum Gasteiger partial charge on any atom is -0.377 e. The van der Waals surface area contributed by atoms with Crippen molar-refractivity contribution in [2.45, 2.75) is 37.8 Å². The van der Waals surface area contributed by atoms with Gasteiger partial charge in [-0.1, -0.05) is 12.1 Å². The smallest absolute Gasteiger partial charge is 0.162 e. The molecule has 0 spiro atoms. The number of morpholine rings is 1. The molecule has 3 aliphatic rings. The molecule has 1 aromatic carbocycles. The minimum absolute atomic E-state index is 0.345. The molecule has 1 saturated heterocycles. The van der Waals surface area contributed by atoms with E-state index in [4.69, 9.17) is 20.4 Å². The number of benzene rings is 1. The highest BCUT2D eigenvalue weighted by molar-refractivity contribution is 5.93. The molecular formula is C24H30N6O. The van der Waals surface area contributed by atoms with Crippen molar-refractivity contribution >= 4 is 22.4 Å². The van der Waals surface area contributed by atoms with Gasteiger partial charge in [-0.25, -0.2) is 9.97 Å². The summed E-state index contributed by atoms with van der Waals surface area (Å²) in [5.74, 6) is 2.54. The van der Waals surface area contributed by atoms with E-state index in [9.17, 15) is 0 Å². The third-order valence-corrected chi connectivity index (χ3v) is 7.23. The summed E-state index contributed by atoms with van der Waals surface area (Å²) in [4.78, 5) is 18.2. The number of aromatic amines is 1. The van der Waals surface area contributed by atoms with Crippen LogP contribution in [0.15, 0.2) is 36.7 Å². The Hall–Kier alpha value is -2.64. The molecule has 0 amide bonds. The topological polar surface area (TPSA) is 83.3 Å². The van der Waals surface area contributed by atoms with Crippen molar-refractivity contribution in [1.82, 2.24) is 15.0 Å². The van der Waals surface area contributed by atoms with Gasteiger partial charge in [-0.2, -0.15) is 0 Å². The van der Waals surface area contributed by atoms with Gasteiger partial charge in [0.2, 0.25) is 0 Å². The molecule has 2 aromatic heterocycles. The average molecular weight is 419 g/mol. The van der Waals surface area contributed by atoms with Crippen LogP contribution in [0.1, 0.15) is 25.7 Å². The Balaban J connectivity index is 1.37. The van der Waals surface area contributed by atoms with Crippen molar-refractivity contribution in [2.24, 2.45) is 11.7 Å². The van der Waals surface area contributed by atoms with Crippen molar-refractivity contribution in [2.75, 3.05) is 42.6 Å². The maximum Gasteiger partial charge on any atom is 0.162 e. The molecule has 3 aromatic rings. The van der Waals surface area contributed by atoms with Crippen LogP contribution in [0.3, 0.4) is 0 Å². The Morgan fingerprint density at radius 2 is 2.06 bits per heavy atom. The molecule has 1 atom stereocenters. The van der Waals surface area contributed by atoms with Gasteiger partial charge in [0.15, 0.2) is 11.6 Å². The summed E-state index contributed by atoms with van der Waals surface area (Å²) in [7, 11) is 0. The van der Waals surface area contributed by atoms with Gasteiger partial charge < -0.3 is 25.3 Å². The highest BCUT2D eigenvalue weighted by Gasteiger charge is 2.36. The average Bonchev–Trinajstić information content (AvgIpc) is 3.29. The highest BCUT2D eigenvalue weighted by Crippen LogP contribution is 2.38. The van der Waals surface area contributed by atoms with Crippen LogP contribution in [0.2, 0.25) is 0 Å². The lowest BCUT2D eigenvalue weighted by Crippen LogP contribution is -2.56. The van der Waals surface area contributed by atoms with Gasteiger partial charge in [-0.3, -0.25) is 0 Å². The lowest BCUT2D eigenvalue weighted by molar-refractivity contribution is 0.0932. The van der Waals surface area contributed by atoms with Crippen LogP contribution >= 0.6 is 0 Å². The van der Waals surface area contributed by atoms with Crippen LogP contribution in [0.25, 0.3) is 22.3 Å². The van der Waals surface area contributed by atoms with Crippen LogP contribution < -0.4 is 15.5 Å². The van der Waals surface area contributed by atoms with Crippen molar-refractivity contribution in [3.8, 4) is 11.4 Å². The molecule has 0 radical (unpaired) electrons. The van der Waals surface area contributed by atoms with Gasteiger partial charge in [0.1, 0.15) is 0 Å². The standard InChI is InChI=1S/C24H30N6O/c25-17-6-4-16(5-7-17)13-29-14-18-15-31-11-10-30(18)24-22(29)12-27-23(28-24)20-2-1-3-21-19(20)8-9-26-21/h1-3,8-9,12,16-18,26H,4-7,10-11,13-15,25H2. The molecule has 4 heterocycles. The largest absolute Gasteiger partial charge is 0.377 e. The second kappa shape index (κ2) is 7.80. The number of aromatic nitrogens is 3. The summed E-state index contributed by atoms with van der Waals surface area (Å²) in [5.41, 5.74) is 9.49. The van der Waals surface area contributed by atoms with Crippen molar-refractivity contribution in [3.63, 3.8) is 0 Å². The second-order valence-corrected chi connectivity index (χ2v) is 9.25. The number of anilines is 2. The number of nitrogens with zero attached hydrogens (tertiary/aromatic N) is 4. The first-order chi connectivity index (χ1) is 15.3. The summed E-state index contributed by atoms with van der Waals surface area (Å²) in [6.45, 7) is 4.43. The van der Waals surface area contributed by atoms with Crippen LogP contribution in [0, 0.1) is 5.92 Å². The lowest BCUT2D eigenvalue weighted by Gasteiger charge is -2.46. The summed E-state index contributed by atoms with van der Waals surface area (Å²) < 4.78 is 5.84. The van der Waals surface area contributed by atoms with E-state index in [2.05, 4.69) is 39.0 Å². The summed E-state index contributed by atoms with van der Waals surface area (Å²) >= 11 is 0. The van der Waals surface area contributed by atoms with E-state index in [1.165, 1.54) is 12.8 Å². The minimum atomic E-state index is 0.345. The third kappa shape index (κ3) is 3.46. The van der Waals surface area contributed by atoms with Gasteiger partial charge in [-0.15, -0.1) is 0 Å². The van der Waals surface area contributed by atoms with E-state index in [-0.39, 0.29) is 0 Å². The van der Waals surface area contributed by atoms with E-state index >= 15 is 0 Å². The molecule has 7 heteroatoms. The number of nitrogens with one attached hydrogen (secondary N) is 1. The SMILES string of the molecule is NC1CCC(CN2CC3COCCN3c3nc(-c4cccc5[nH]ccc45)ncc32)CC1. The first kappa shape index (κ1) is 19.1. The second-order valence-electron chi connectivity index (χ2n) is 9.25. The Kier molecular flexibility index (Phi) is 4.80. The Morgan fingerprint density at radius 1 is 1.16 bits per heavy atom. The van der Waals surface area contributed by atoms with Gasteiger partial charge in [0, 0.05) is 48.3 Å². The monoisotopic (exact) mass is 418 g/mol. The number of hydrogen-bond donors (Lipinski definition) is 2. The lowest BCUT2D eigenvalue weighted by atomic mass is 9.86. The Bertz CT molecular complexity index is 1070. The molecule has 162 valence electrons. The number of fused-ring (bicyclic) bond motifs is 4. The fourth-order valence-corrected chi connectivity index (χ4v) is 5.50. The predicted molar refractivity (Wildman–Crippen MR) is 123 cm³/mol. The number of rotatable bonds is 3. The zero-order chi connectivity index (χ0) is 20.8. The maximum atomic E-state index is 6.14. The van der Waals surface area contributed by atoms with E-state index in [0.29, 0.717) is 18.0 Å². The van der Waals surface area contributed by atoms with Crippen LogP contribution in [0.5, 0.6) is 0 Å². The number of ether oxygens (including phenoxy) is 1. The molecular weight excluding hydrogens is 388 g/mol. The first-order valence-electron chi connectivity index (χ1n) is 11.5. The molecule has 2 aliphatic heterocycles. The molecule has 7 nitrogen and oxygen atoms in total. The number of hydrogen-bond acceptors (Lipinski definition) is 6. The quantitative estimate of drug-likeness (QED) is 0.680. The molecule has 3 N–H and O–H groups in total. The Labute approximate surface area is 182 Å². The molecule has 31 heavy (non-hydrogen) atoms. The van der Waals surface area contributed by atoms with Gasteiger partial charge >= 0.3 is 0 Å². The molecule has 1 saturated carbocycles. The first-order valence-corrected chi connectivity index (χ1v) is 11.5. The third-order valence-electron chi connectivity index (χ3n) is 7.23. The molecule has 6 rings (SSSR count). The van der Waals surface area contributed by atoms with Crippen LogP contribution in [-0.2, 0) is 4.74 Å². The van der Waals surface area contributed by atoms with Crippen LogP contribution in [0.4, 0.5) is 11.5 Å².